The SMILES string of the molecule is OCC1CCCCC1NCc1cccc2c1OCO2. The second-order valence-electron chi connectivity index (χ2n) is 5.37. The molecule has 1 aromatic rings. The van der Waals surface area contributed by atoms with Crippen LogP contribution in [0.5, 0.6) is 11.5 Å². The summed E-state index contributed by atoms with van der Waals surface area (Å²) < 4.78 is 10.9. The number of hydrogen-bond acceptors (Lipinski definition) is 4. The van der Waals surface area contributed by atoms with Gasteiger partial charge in [0, 0.05) is 24.8 Å². The van der Waals surface area contributed by atoms with Crippen molar-refractivity contribution >= 4 is 0 Å². The van der Waals surface area contributed by atoms with E-state index in [2.05, 4.69) is 11.4 Å². The third-order valence-corrected chi connectivity index (χ3v) is 4.18. The molecular weight excluding hydrogens is 242 g/mol. The highest BCUT2D eigenvalue weighted by Gasteiger charge is 2.25. The van der Waals surface area contributed by atoms with Crippen LogP contribution in [0.25, 0.3) is 0 Å². The largest absolute Gasteiger partial charge is 0.454 e. The van der Waals surface area contributed by atoms with Crippen LogP contribution in [0.2, 0.25) is 0 Å². The maximum absolute atomic E-state index is 9.43. The van der Waals surface area contributed by atoms with Crippen LogP contribution in [0.4, 0.5) is 0 Å². The Bertz CT molecular complexity index is 435. The zero-order valence-electron chi connectivity index (χ0n) is 11.1. The summed E-state index contributed by atoms with van der Waals surface area (Å²) in [5.41, 5.74) is 1.14. The number of para-hydroxylation sites is 1. The van der Waals surface area contributed by atoms with Crippen LogP contribution < -0.4 is 14.8 Å². The molecule has 1 aromatic carbocycles. The summed E-state index contributed by atoms with van der Waals surface area (Å²) in [6, 6.07) is 6.41. The molecule has 1 aliphatic heterocycles. The molecular formula is C15H21NO3. The highest BCUT2D eigenvalue weighted by molar-refractivity contribution is 5.48. The lowest BCUT2D eigenvalue weighted by Gasteiger charge is -2.31. The molecule has 0 spiro atoms. The highest BCUT2D eigenvalue weighted by Crippen LogP contribution is 2.35. The summed E-state index contributed by atoms with van der Waals surface area (Å²) in [6.45, 7) is 1.37. The Balaban J connectivity index is 1.64. The van der Waals surface area contributed by atoms with Gasteiger partial charge in [0.05, 0.1) is 0 Å². The molecule has 4 nitrogen and oxygen atoms in total. The molecule has 1 aliphatic carbocycles. The predicted octanol–water partition coefficient (Wildman–Crippen LogP) is 2.06. The number of fused-ring (bicyclic) bond motifs is 1. The summed E-state index contributed by atoms with van der Waals surface area (Å²) in [7, 11) is 0. The van der Waals surface area contributed by atoms with Gasteiger partial charge in [0.2, 0.25) is 6.79 Å². The summed E-state index contributed by atoms with van der Waals surface area (Å²) >= 11 is 0. The maximum atomic E-state index is 9.43. The Morgan fingerprint density at radius 3 is 3.00 bits per heavy atom. The van der Waals surface area contributed by atoms with Gasteiger partial charge in [0.25, 0.3) is 0 Å². The Hall–Kier alpha value is -1.26. The lowest BCUT2D eigenvalue weighted by atomic mass is 9.85. The number of nitrogens with one attached hydrogen (secondary N) is 1. The third-order valence-electron chi connectivity index (χ3n) is 4.18. The minimum absolute atomic E-state index is 0.282. The summed E-state index contributed by atoms with van der Waals surface area (Å²) in [5.74, 6) is 2.09. The molecule has 104 valence electrons. The van der Waals surface area contributed by atoms with Crippen LogP contribution in [0, 0.1) is 5.92 Å². The van der Waals surface area contributed by atoms with Gasteiger partial charge >= 0.3 is 0 Å². The molecule has 0 radical (unpaired) electrons. The quantitative estimate of drug-likeness (QED) is 0.873. The van der Waals surface area contributed by atoms with Gasteiger partial charge in [-0.15, -0.1) is 0 Å². The number of benzene rings is 1. The lowest BCUT2D eigenvalue weighted by Crippen LogP contribution is -2.39. The van der Waals surface area contributed by atoms with Crippen molar-refractivity contribution in [2.24, 2.45) is 5.92 Å². The fourth-order valence-electron chi connectivity index (χ4n) is 3.07. The molecule has 0 bridgehead atoms. The molecule has 2 aliphatic rings. The first-order valence-electron chi connectivity index (χ1n) is 7.10. The predicted molar refractivity (Wildman–Crippen MR) is 72.2 cm³/mol. The smallest absolute Gasteiger partial charge is 0.231 e. The molecule has 1 heterocycles. The second-order valence-corrected chi connectivity index (χ2v) is 5.37. The normalized spacial score (nSPS) is 25.5. The minimum Gasteiger partial charge on any atom is -0.454 e. The zero-order chi connectivity index (χ0) is 13.1. The van der Waals surface area contributed by atoms with Crippen LogP contribution in [-0.4, -0.2) is 24.5 Å². The van der Waals surface area contributed by atoms with Crippen molar-refractivity contribution < 1.29 is 14.6 Å². The second kappa shape index (κ2) is 5.80. The maximum Gasteiger partial charge on any atom is 0.231 e. The minimum atomic E-state index is 0.282. The molecule has 0 amide bonds. The van der Waals surface area contributed by atoms with Crippen molar-refractivity contribution in [3.8, 4) is 11.5 Å². The molecule has 2 N–H and O–H groups in total. The Morgan fingerprint density at radius 2 is 2.11 bits per heavy atom. The van der Waals surface area contributed by atoms with Gasteiger partial charge < -0.3 is 19.9 Å². The van der Waals surface area contributed by atoms with E-state index in [1.54, 1.807) is 0 Å². The first kappa shape index (κ1) is 12.8. The van der Waals surface area contributed by atoms with Crippen LogP contribution in [0.1, 0.15) is 31.2 Å². The van der Waals surface area contributed by atoms with Crippen molar-refractivity contribution in [1.82, 2.24) is 5.32 Å². The van der Waals surface area contributed by atoms with Crippen molar-refractivity contribution in [2.75, 3.05) is 13.4 Å². The van der Waals surface area contributed by atoms with E-state index in [4.69, 9.17) is 9.47 Å². The number of aliphatic hydroxyl groups is 1. The van der Waals surface area contributed by atoms with Gasteiger partial charge in [-0.05, 0) is 24.8 Å². The number of rotatable bonds is 4. The standard InChI is InChI=1S/C15H21NO3/c17-9-12-4-1-2-6-13(12)16-8-11-5-3-7-14-15(11)19-10-18-14/h3,5,7,12-13,16-17H,1-2,4,6,8-10H2. The average molecular weight is 263 g/mol. The molecule has 3 rings (SSSR count). The Kier molecular flexibility index (Phi) is 3.89. The number of ether oxygens (including phenoxy) is 2. The van der Waals surface area contributed by atoms with Crippen LogP contribution in [-0.2, 0) is 6.54 Å². The molecule has 1 saturated carbocycles. The van der Waals surface area contributed by atoms with Gasteiger partial charge in [0.1, 0.15) is 0 Å². The van der Waals surface area contributed by atoms with E-state index in [1.165, 1.54) is 12.8 Å². The van der Waals surface area contributed by atoms with Crippen molar-refractivity contribution in [3.05, 3.63) is 23.8 Å². The summed E-state index contributed by atoms with van der Waals surface area (Å²) in [5, 5.41) is 13.0. The van der Waals surface area contributed by atoms with E-state index in [0.29, 0.717) is 18.8 Å². The van der Waals surface area contributed by atoms with E-state index in [-0.39, 0.29) is 6.61 Å². The molecule has 0 saturated heterocycles. The van der Waals surface area contributed by atoms with Crippen LogP contribution in [0.3, 0.4) is 0 Å². The summed E-state index contributed by atoms with van der Waals surface area (Å²) in [6.07, 6.45) is 4.76. The molecule has 1 fully saturated rings. The third kappa shape index (κ3) is 2.69. The van der Waals surface area contributed by atoms with E-state index in [9.17, 15) is 5.11 Å². The van der Waals surface area contributed by atoms with Gasteiger partial charge in [-0.25, -0.2) is 0 Å². The van der Waals surface area contributed by atoms with Crippen LogP contribution in [0.15, 0.2) is 18.2 Å². The van der Waals surface area contributed by atoms with Gasteiger partial charge in [-0.1, -0.05) is 25.0 Å². The Labute approximate surface area is 113 Å². The number of hydrogen-bond donors (Lipinski definition) is 2. The fraction of sp³-hybridized carbons (Fsp3) is 0.600. The van der Waals surface area contributed by atoms with Gasteiger partial charge in [-0.3, -0.25) is 0 Å². The first-order chi connectivity index (χ1) is 9.38. The highest BCUT2D eigenvalue weighted by atomic mass is 16.7. The lowest BCUT2D eigenvalue weighted by molar-refractivity contribution is 0.151. The van der Waals surface area contributed by atoms with E-state index >= 15 is 0 Å². The summed E-state index contributed by atoms with van der Waals surface area (Å²) in [4.78, 5) is 0. The van der Waals surface area contributed by atoms with Crippen molar-refractivity contribution in [3.63, 3.8) is 0 Å². The average Bonchev–Trinajstić information content (AvgIpc) is 2.94. The Morgan fingerprint density at radius 1 is 1.21 bits per heavy atom. The zero-order valence-corrected chi connectivity index (χ0v) is 11.1. The molecule has 2 unspecified atom stereocenters. The van der Waals surface area contributed by atoms with Crippen molar-refractivity contribution in [1.29, 1.82) is 0 Å². The molecule has 0 aromatic heterocycles. The molecule has 4 heteroatoms. The van der Waals surface area contributed by atoms with E-state index < -0.39 is 0 Å². The topological polar surface area (TPSA) is 50.7 Å². The van der Waals surface area contributed by atoms with Gasteiger partial charge in [-0.2, -0.15) is 0 Å². The van der Waals surface area contributed by atoms with E-state index in [1.807, 2.05) is 12.1 Å². The number of aliphatic hydroxyl groups excluding tert-OH is 1. The molecule has 19 heavy (non-hydrogen) atoms. The first-order valence-corrected chi connectivity index (χ1v) is 7.10. The fourth-order valence-corrected chi connectivity index (χ4v) is 3.07. The molecule has 2 atom stereocenters. The van der Waals surface area contributed by atoms with Crippen molar-refractivity contribution in [2.45, 2.75) is 38.3 Å². The van der Waals surface area contributed by atoms with E-state index in [0.717, 1.165) is 36.4 Å². The monoisotopic (exact) mass is 263 g/mol. The van der Waals surface area contributed by atoms with Crippen LogP contribution >= 0.6 is 0 Å². The van der Waals surface area contributed by atoms with Gasteiger partial charge in [0.15, 0.2) is 11.5 Å².